The van der Waals surface area contributed by atoms with Crippen LogP contribution in [0, 0.1) is 0 Å². The highest BCUT2D eigenvalue weighted by Crippen LogP contribution is 2.21. The SMILES string of the molecule is NC(=O)C(CCc1cccs1)S(=O)(=O)c1ccccc1. The van der Waals surface area contributed by atoms with Gasteiger partial charge in [-0.2, -0.15) is 0 Å². The first-order chi connectivity index (χ1) is 9.51. The lowest BCUT2D eigenvalue weighted by molar-refractivity contribution is -0.117. The molecule has 0 saturated heterocycles. The summed E-state index contributed by atoms with van der Waals surface area (Å²) < 4.78 is 24.9. The van der Waals surface area contributed by atoms with Crippen molar-refractivity contribution >= 4 is 27.1 Å². The Kier molecular flexibility index (Phi) is 4.57. The van der Waals surface area contributed by atoms with Crippen molar-refractivity contribution in [2.75, 3.05) is 0 Å². The predicted octanol–water partition coefficient (Wildman–Crippen LogP) is 2.01. The van der Waals surface area contributed by atoms with Gasteiger partial charge < -0.3 is 5.73 Å². The number of nitrogens with two attached hydrogens (primary N) is 1. The second-order valence-electron chi connectivity index (χ2n) is 4.37. The third-order valence-electron chi connectivity index (χ3n) is 3.00. The molecule has 2 N–H and O–H groups in total. The lowest BCUT2D eigenvalue weighted by atomic mass is 10.2. The Morgan fingerprint density at radius 3 is 2.40 bits per heavy atom. The number of aryl methyl sites for hydroxylation is 1. The van der Waals surface area contributed by atoms with E-state index in [0.717, 1.165) is 4.88 Å². The molecule has 0 aliphatic heterocycles. The van der Waals surface area contributed by atoms with Crippen molar-refractivity contribution in [2.45, 2.75) is 23.0 Å². The van der Waals surface area contributed by atoms with Crippen LogP contribution in [-0.2, 0) is 21.1 Å². The molecule has 1 aromatic carbocycles. The summed E-state index contributed by atoms with van der Waals surface area (Å²) in [5.41, 5.74) is 5.28. The van der Waals surface area contributed by atoms with E-state index in [1.54, 1.807) is 18.2 Å². The second-order valence-corrected chi connectivity index (χ2v) is 7.53. The minimum atomic E-state index is -3.72. The third kappa shape index (κ3) is 3.26. The molecule has 1 heterocycles. The fourth-order valence-electron chi connectivity index (χ4n) is 1.95. The maximum atomic E-state index is 12.4. The van der Waals surface area contributed by atoms with E-state index in [-0.39, 0.29) is 11.3 Å². The topological polar surface area (TPSA) is 77.2 Å². The second kappa shape index (κ2) is 6.19. The van der Waals surface area contributed by atoms with Crippen LogP contribution in [0.15, 0.2) is 52.7 Å². The molecule has 1 amide bonds. The van der Waals surface area contributed by atoms with Gasteiger partial charge in [0.25, 0.3) is 0 Å². The maximum absolute atomic E-state index is 12.4. The number of hydrogen-bond acceptors (Lipinski definition) is 4. The monoisotopic (exact) mass is 309 g/mol. The molecular formula is C14H15NO3S2. The smallest absolute Gasteiger partial charge is 0.236 e. The molecule has 0 radical (unpaired) electrons. The van der Waals surface area contributed by atoms with Crippen LogP contribution in [0.1, 0.15) is 11.3 Å². The summed E-state index contributed by atoms with van der Waals surface area (Å²) in [7, 11) is -3.72. The van der Waals surface area contributed by atoms with Crippen molar-refractivity contribution in [3.63, 3.8) is 0 Å². The third-order valence-corrected chi connectivity index (χ3v) is 6.08. The Morgan fingerprint density at radius 1 is 1.15 bits per heavy atom. The normalized spacial score (nSPS) is 13.0. The van der Waals surface area contributed by atoms with Crippen molar-refractivity contribution in [3.05, 3.63) is 52.7 Å². The van der Waals surface area contributed by atoms with Crippen LogP contribution in [0.25, 0.3) is 0 Å². The summed E-state index contributed by atoms with van der Waals surface area (Å²) in [5.74, 6) is -0.801. The maximum Gasteiger partial charge on any atom is 0.236 e. The number of thiophene rings is 1. The molecule has 106 valence electrons. The molecule has 0 bridgehead atoms. The Hall–Kier alpha value is -1.66. The van der Waals surface area contributed by atoms with Crippen molar-refractivity contribution in [1.82, 2.24) is 0 Å². The van der Waals surface area contributed by atoms with Crippen molar-refractivity contribution in [2.24, 2.45) is 5.73 Å². The lowest BCUT2D eigenvalue weighted by Gasteiger charge is -2.14. The molecule has 0 aliphatic carbocycles. The molecule has 2 aromatic rings. The average molecular weight is 309 g/mol. The zero-order valence-electron chi connectivity index (χ0n) is 10.7. The summed E-state index contributed by atoms with van der Waals surface area (Å²) in [6.45, 7) is 0. The molecule has 0 fully saturated rings. The first kappa shape index (κ1) is 14.7. The number of hydrogen-bond donors (Lipinski definition) is 1. The van der Waals surface area contributed by atoms with Crippen LogP contribution in [0.4, 0.5) is 0 Å². The Balaban J connectivity index is 2.22. The molecule has 0 saturated carbocycles. The molecule has 6 heteroatoms. The fourth-order valence-corrected chi connectivity index (χ4v) is 4.28. The molecule has 1 unspecified atom stereocenters. The highest BCUT2D eigenvalue weighted by Gasteiger charge is 2.31. The van der Waals surface area contributed by atoms with Gasteiger partial charge in [0.1, 0.15) is 5.25 Å². The summed E-state index contributed by atoms with van der Waals surface area (Å²) in [5, 5.41) is 0.729. The van der Waals surface area contributed by atoms with Crippen LogP contribution >= 0.6 is 11.3 Å². The number of benzene rings is 1. The van der Waals surface area contributed by atoms with Gasteiger partial charge in [0.15, 0.2) is 9.84 Å². The Labute approximate surface area is 122 Å². The first-order valence-electron chi connectivity index (χ1n) is 6.12. The molecule has 0 aliphatic rings. The minimum Gasteiger partial charge on any atom is -0.369 e. The van der Waals surface area contributed by atoms with Crippen LogP contribution in [0.2, 0.25) is 0 Å². The van der Waals surface area contributed by atoms with E-state index >= 15 is 0 Å². The van der Waals surface area contributed by atoms with Crippen LogP contribution in [0.5, 0.6) is 0 Å². The van der Waals surface area contributed by atoms with E-state index in [1.165, 1.54) is 23.5 Å². The van der Waals surface area contributed by atoms with E-state index in [2.05, 4.69) is 0 Å². The molecule has 20 heavy (non-hydrogen) atoms. The van der Waals surface area contributed by atoms with Gasteiger partial charge in [0, 0.05) is 4.88 Å². The van der Waals surface area contributed by atoms with Gasteiger partial charge in [-0.05, 0) is 36.4 Å². The molecule has 2 rings (SSSR count). The van der Waals surface area contributed by atoms with Gasteiger partial charge >= 0.3 is 0 Å². The zero-order valence-corrected chi connectivity index (χ0v) is 12.4. The number of sulfone groups is 1. The lowest BCUT2D eigenvalue weighted by Crippen LogP contribution is -2.36. The van der Waals surface area contributed by atoms with Gasteiger partial charge in [-0.15, -0.1) is 11.3 Å². The van der Waals surface area contributed by atoms with Gasteiger partial charge in [-0.3, -0.25) is 4.79 Å². The van der Waals surface area contributed by atoms with Crippen molar-refractivity contribution in [1.29, 1.82) is 0 Å². The molecule has 1 aromatic heterocycles. The highest BCUT2D eigenvalue weighted by atomic mass is 32.2. The number of rotatable bonds is 6. The van der Waals surface area contributed by atoms with Crippen LogP contribution in [0.3, 0.4) is 0 Å². The van der Waals surface area contributed by atoms with Crippen molar-refractivity contribution in [3.8, 4) is 0 Å². The van der Waals surface area contributed by atoms with Gasteiger partial charge in [-0.1, -0.05) is 24.3 Å². The number of carbonyl (C=O) groups excluding carboxylic acids is 1. The first-order valence-corrected chi connectivity index (χ1v) is 8.55. The molecule has 0 spiro atoms. The number of primary amides is 1. The quantitative estimate of drug-likeness (QED) is 0.886. The summed E-state index contributed by atoms with van der Waals surface area (Å²) in [6, 6.07) is 11.8. The standard InChI is InChI=1S/C14H15NO3S2/c15-14(16)13(9-8-11-5-4-10-19-11)20(17,18)12-6-2-1-3-7-12/h1-7,10,13H,8-9H2,(H2,15,16). The zero-order chi connectivity index (χ0) is 14.6. The number of amides is 1. The largest absolute Gasteiger partial charge is 0.369 e. The van der Waals surface area contributed by atoms with Gasteiger partial charge in [0.05, 0.1) is 4.90 Å². The molecular weight excluding hydrogens is 294 g/mol. The Bertz CT molecular complexity index is 664. The average Bonchev–Trinajstić information content (AvgIpc) is 2.92. The van der Waals surface area contributed by atoms with Crippen molar-refractivity contribution < 1.29 is 13.2 Å². The van der Waals surface area contributed by atoms with E-state index in [0.29, 0.717) is 6.42 Å². The van der Waals surface area contributed by atoms with E-state index in [9.17, 15) is 13.2 Å². The highest BCUT2D eigenvalue weighted by molar-refractivity contribution is 7.92. The predicted molar refractivity (Wildman–Crippen MR) is 79.3 cm³/mol. The fraction of sp³-hybridized carbons (Fsp3) is 0.214. The van der Waals surface area contributed by atoms with E-state index < -0.39 is 21.0 Å². The molecule has 4 nitrogen and oxygen atoms in total. The summed E-state index contributed by atoms with van der Waals surface area (Å²) in [6.07, 6.45) is 0.727. The van der Waals surface area contributed by atoms with Gasteiger partial charge in [-0.25, -0.2) is 8.42 Å². The van der Waals surface area contributed by atoms with Crippen LogP contribution in [-0.4, -0.2) is 19.6 Å². The summed E-state index contributed by atoms with van der Waals surface area (Å²) >= 11 is 1.54. The van der Waals surface area contributed by atoms with E-state index in [4.69, 9.17) is 5.73 Å². The Morgan fingerprint density at radius 2 is 1.85 bits per heavy atom. The number of carbonyl (C=O) groups is 1. The van der Waals surface area contributed by atoms with E-state index in [1.807, 2.05) is 17.5 Å². The minimum absolute atomic E-state index is 0.134. The molecule has 1 atom stereocenters. The summed E-state index contributed by atoms with van der Waals surface area (Å²) in [4.78, 5) is 12.7. The van der Waals surface area contributed by atoms with Crippen LogP contribution < -0.4 is 5.73 Å². The van der Waals surface area contributed by atoms with Gasteiger partial charge in [0.2, 0.25) is 5.91 Å².